The standard InChI is InChI=1S/C17H23N3/c1-3-17(4-2)15(10-16(17)18)13-11-19-20(12-13)14-8-6-5-7-9-14/h5-9,11-12,15-16H,3-4,10,18H2,1-2H3. The van der Waals surface area contributed by atoms with Crippen molar-refractivity contribution < 1.29 is 0 Å². The predicted molar refractivity (Wildman–Crippen MR) is 81.9 cm³/mol. The zero-order valence-corrected chi connectivity index (χ0v) is 12.3. The minimum Gasteiger partial charge on any atom is -0.327 e. The second-order valence-corrected chi connectivity index (χ2v) is 5.89. The highest BCUT2D eigenvalue weighted by Crippen LogP contribution is 2.56. The van der Waals surface area contributed by atoms with Crippen LogP contribution >= 0.6 is 0 Å². The number of hydrogen-bond acceptors (Lipinski definition) is 2. The van der Waals surface area contributed by atoms with Crippen LogP contribution in [0.3, 0.4) is 0 Å². The molecule has 0 aliphatic heterocycles. The average Bonchev–Trinajstić information content (AvgIpc) is 2.96. The van der Waals surface area contributed by atoms with Gasteiger partial charge < -0.3 is 5.73 Å². The third kappa shape index (κ3) is 1.88. The monoisotopic (exact) mass is 269 g/mol. The quantitative estimate of drug-likeness (QED) is 0.923. The van der Waals surface area contributed by atoms with Crippen LogP contribution in [0, 0.1) is 5.41 Å². The Labute approximate surface area is 120 Å². The van der Waals surface area contributed by atoms with Crippen LogP contribution in [0.4, 0.5) is 0 Å². The summed E-state index contributed by atoms with van der Waals surface area (Å²) in [6.07, 6.45) is 7.56. The first-order chi connectivity index (χ1) is 9.71. The van der Waals surface area contributed by atoms with Gasteiger partial charge in [0, 0.05) is 12.2 Å². The van der Waals surface area contributed by atoms with Gasteiger partial charge >= 0.3 is 0 Å². The Morgan fingerprint density at radius 2 is 1.95 bits per heavy atom. The first-order valence-corrected chi connectivity index (χ1v) is 7.57. The molecule has 1 saturated carbocycles. The van der Waals surface area contributed by atoms with E-state index in [2.05, 4.69) is 37.3 Å². The lowest BCUT2D eigenvalue weighted by molar-refractivity contribution is 0.0438. The highest BCUT2D eigenvalue weighted by molar-refractivity contribution is 5.33. The molecule has 3 heteroatoms. The summed E-state index contributed by atoms with van der Waals surface area (Å²) in [5.41, 5.74) is 9.01. The molecule has 0 bridgehead atoms. The van der Waals surface area contributed by atoms with Gasteiger partial charge in [-0.3, -0.25) is 0 Å². The van der Waals surface area contributed by atoms with Crippen molar-refractivity contribution >= 4 is 0 Å². The van der Waals surface area contributed by atoms with Crippen LogP contribution < -0.4 is 5.73 Å². The molecule has 2 atom stereocenters. The van der Waals surface area contributed by atoms with Crippen molar-refractivity contribution in [1.82, 2.24) is 9.78 Å². The summed E-state index contributed by atoms with van der Waals surface area (Å²) < 4.78 is 1.97. The fourth-order valence-corrected chi connectivity index (χ4v) is 3.80. The van der Waals surface area contributed by atoms with Gasteiger partial charge in [0.2, 0.25) is 0 Å². The second kappa shape index (κ2) is 5.06. The molecule has 106 valence electrons. The van der Waals surface area contributed by atoms with Gasteiger partial charge in [0.15, 0.2) is 0 Å². The van der Waals surface area contributed by atoms with Crippen LogP contribution in [0.25, 0.3) is 5.69 Å². The van der Waals surface area contributed by atoms with Crippen molar-refractivity contribution in [3.63, 3.8) is 0 Å². The lowest BCUT2D eigenvalue weighted by atomic mass is 9.52. The Kier molecular flexibility index (Phi) is 3.38. The molecule has 0 saturated heterocycles. The van der Waals surface area contributed by atoms with Crippen molar-refractivity contribution in [3.05, 3.63) is 48.3 Å². The summed E-state index contributed by atoms with van der Waals surface area (Å²) in [6, 6.07) is 10.6. The van der Waals surface area contributed by atoms with E-state index in [-0.39, 0.29) is 5.41 Å². The Bertz CT molecular complexity index is 569. The fraction of sp³-hybridized carbons (Fsp3) is 0.471. The van der Waals surface area contributed by atoms with E-state index < -0.39 is 0 Å². The molecule has 2 unspecified atom stereocenters. The average molecular weight is 269 g/mol. The zero-order valence-electron chi connectivity index (χ0n) is 12.3. The summed E-state index contributed by atoms with van der Waals surface area (Å²) in [6.45, 7) is 4.52. The smallest absolute Gasteiger partial charge is 0.0645 e. The van der Waals surface area contributed by atoms with Crippen LogP contribution in [0.2, 0.25) is 0 Å². The zero-order chi connectivity index (χ0) is 14.2. The minimum atomic E-state index is 0.268. The Hall–Kier alpha value is -1.61. The molecule has 1 aliphatic carbocycles. The van der Waals surface area contributed by atoms with Crippen LogP contribution in [-0.2, 0) is 0 Å². The topological polar surface area (TPSA) is 43.8 Å². The minimum absolute atomic E-state index is 0.268. The summed E-state index contributed by atoms with van der Waals surface area (Å²) in [7, 11) is 0. The number of nitrogens with two attached hydrogens (primary N) is 1. The summed E-state index contributed by atoms with van der Waals surface area (Å²) >= 11 is 0. The molecular formula is C17H23N3. The second-order valence-electron chi connectivity index (χ2n) is 5.89. The van der Waals surface area contributed by atoms with Gasteiger partial charge in [-0.05, 0) is 48.3 Å². The van der Waals surface area contributed by atoms with Gasteiger partial charge in [-0.15, -0.1) is 0 Å². The highest BCUT2D eigenvalue weighted by Gasteiger charge is 2.51. The van der Waals surface area contributed by atoms with E-state index in [1.54, 1.807) is 0 Å². The SMILES string of the molecule is CCC1(CC)C(N)CC1c1cnn(-c2ccccc2)c1. The number of benzene rings is 1. The Morgan fingerprint density at radius 3 is 2.55 bits per heavy atom. The van der Waals surface area contributed by atoms with E-state index in [4.69, 9.17) is 5.73 Å². The maximum atomic E-state index is 6.30. The van der Waals surface area contributed by atoms with Crippen LogP contribution in [0.15, 0.2) is 42.7 Å². The van der Waals surface area contributed by atoms with E-state index in [9.17, 15) is 0 Å². The third-order valence-electron chi connectivity index (χ3n) is 5.26. The molecule has 3 nitrogen and oxygen atoms in total. The molecule has 2 aromatic rings. The normalized spacial score (nSPS) is 24.4. The van der Waals surface area contributed by atoms with Gasteiger partial charge in [-0.2, -0.15) is 5.10 Å². The maximum Gasteiger partial charge on any atom is 0.0645 e. The van der Waals surface area contributed by atoms with Crippen molar-refractivity contribution in [3.8, 4) is 5.69 Å². The van der Waals surface area contributed by atoms with Crippen LogP contribution in [0.1, 0.15) is 44.6 Å². The van der Waals surface area contributed by atoms with Gasteiger partial charge in [-0.25, -0.2) is 4.68 Å². The first kappa shape index (κ1) is 13.4. The van der Waals surface area contributed by atoms with Crippen molar-refractivity contribution in [2.75, 3.05) is 0 Å². The largest absolute Gasteiger partial charge is 0.327 e. The third-order valence-corrected chi connectivity index (χ3v) is 5.26. The van der Waals surface area contributed by atoms with E-state index in [1.165, 1.54) is 5.56 Å². The maximum absolute atomic E-state index is 6.30. The van der Waals surface area contributed by atoms with E-state index in [1.807, 2.05) is 29.1 Å². The summed E-state index contributed by atoms with van der Waals surface area (Å²) in [5, 5.41) is 4.52. The molecule has 1 aromatic carbocycles. The number of aromatic nitrogens is 2. The lowest BCUT2D eigenvalue weighted by Crippen LogP contribution is -2.55. The van der Waals surface area contributed by atoms with Crippen molar-refractivity contribution in [2.45, 2.75) is 45.1 Å². The molecule has 0 radical (unpaired) electrons. The Morgan fingerprint density at radius 1 is 1.25 bits per heavy atom. The number of nitrogens with zero attached hydrogens (tertiary/aromatic N) is 2. The van der Waals surface area contributed by atoms with E-state index in [0.29, 0.717) is 12.0 Å². The molecule has 0 amide bonds. The fourth-order valence-electron chi connectivity index (χ4n) is 3.80. The lowest BCUT2D eigenvalue weighted by Gasteiger charge is -2.54. The molecule has 0 spiro atoms. The summed E-state index contributed by atoms with van der Waals surface area (Å²) in [5.74, 6) is 0.560. The number of rotatable bonds is 4. The van der Waals surface area contributed by atoms with Gasteiger partial charge in [-0.1, -0.05) is 32.0 Å². The molecule has 1 aromatic heterocycles. The molecule has 2 N–H and O–H groups in total. The highest BCUT2D eigenvalue weighted by atomic mass is 15.3. The van der Waals surface area contributed by atoms with Crippen molar-refractivity contribution in [2.24, 2.45) is 11.1 Å². The van der Waals surface area contributed by atoms with E-state index >= 15 is 0 Å². The summed E-state index contributed by atoms with van der Waals surface area (Å²) in [4.78, 5) is 0. The van der Waals surface area contributed by atoms with Crippen molar-refractivity contribution in [1.29, 1.82) is 0 Å². The van der Waals surface area contributed by atoms with Gasteiger partial charge in [0.05, 0.1) is 11.9 Å². The first-order valence-electron chi connectivity index (χ1n) is 7.57. The molecule has 1 aliphatic rings. The molecule has 1 fully saturated rings. The Balaban J connectivity index is 1.88. The molecule has 3 rings (SSSR count). The van der Waals surface area contributed by atoms with Gasteiger partial charge in [0.25, 0.3) is 0 Å². The molecule has 1 heterocycles. The molecule has 20 heavy (non-hydrogen) atoms. The van der Waals surface area contributed by atoms with E-state index in [0.717, 1.165) is 24.9 Å². The number of hydrogen-bond donors (Lipinski definition) is 1. The number of para-hydroxylation sites is 1. The van der Waals surface area contributed by atoms with Crippen LogP contribution in [-0.4, -0.2) is 15.8 Å². The molecular weight excluding hydrogens is 246 g/mol. The van der Waals surface area contributed by atoms with Crippen LogP contribution in [0.5, 0.6) is 0 Å². The predicted octanol–water partition coefficient (Wildman–Crippen LogP) is 3.49. The van der Waals surface area contributed by atoms with Gasteiger partial charge in [0.1, 0.15) is 0 Å².